The molecule has 0 radical (unpaired) electrons. The number of aliphatic hydroxyl groups is 1. The Morgan fingerprint density at radius 1 is 1.25 bits per heavy atom. The number of hydrogen-bond acceptors (Lipinski definition) is 2. The predicted molar refractivity (Wildman–Crippen MR) is 80.5 cm³/mol. The minimum Gasteiger partial charge on any atom is -0.393 e. The summed E-state index contributed by atoms with van der Waals surface area (Å²) in [5.74, 6) is 0.329. The van der Waals surface area contributed by atoms with Crippen molar-refractivity contribution in [3.63, 3.8) is 0 Å². The van der Waals surface area contributed by atoms with Gasteiger partial charge in [0.1, 0.15) is 0 Å². The lowest BCUT2D eigenvalue weighted by molar-refractivity contribution is -0.121. The fraction of sp³-hybridized carbons (Fsp3) is 0.588. The molecule has 1 aromatic carbocycles. The van der Waals surface area contributed by atoms with E-state index >= 15 is 0 Å². The number of aryl methyl sites for hydroxylation is 2. The van der Waals surface area contributed by atoms with E-state index in [2.05, 4.69) is 36.5 Å². The number of carbonyl (C=O) groups excluding carboxylic acids is 1. The van der Waals surface area contributed by atoms with Gasteiger partial charge in [0.15, 0.2) is 0 Å². The van der Waals surface area contributed by atoms with Crippen LogP contribution in [0.25, 0.3) is 0 Å². The second-order valence-electron chi connectivity index (χ2n) is 5.90. The van der Waals surface area contributed by atoms with E-state index in [1.807, 2.05) is 0 Å². The molecule has 0 saturated heterocycles. The third-order valence-corrected chi connectivity index (χ3v) is 4.19. The molecule has 0 aliphatic heterocycles. The van der Waals surface area contributed by atoms with Crippen molar-refractivity contribution < 1.29 is 9.90 Å². The number of carbonyl (C=O) groups is 1. The maximum atomic E-state index is 11.8. The van der Waals surface area contributed by atoms with Gasteiger partial charge in [0.05, 0.1) is 6.10 Å². The van der Waals surface area contributed by atoms with Gasteiger partial charge in [0, 0.05) is 18.9 Å². The van der Waals surface area contributed by atoms with Crippen molar-refractivity contribution in [3.05, 3.63) is 35.4 Å². The number of rotatable bonds is 5. The molecule has 1 fully saturated rings. The SMILES string of the molecule is Cc1ccc(CCC(=O)NCC2CCCCC2O)cc1. The molecule has 1 saturated carbocycles. The molecular weight excluding hydrogens is 250 g/mol. The van der Waals surface area contributed by atoms with Crippen LogP contribution in [0.3, 0.4) is 0 Å². The smallest absolute Gasteiger partial charge is 0.220 e. The Morgan fingerprint density at radius 3 is 2.65 bits per heavy atom. The highest BCUT2D eigenvalue weighted by atomic mass is 16.3. The Kier molecular flexibility index (Phi) is 5.60. The standard InChI is InChI=1S/C17H25NO2/c1-13-6-8-14(9-7-13)10-11-17(20)18-12-15-4-2-3-5-16(15)19/h6-9,15-16,19H,2-5,10-12H2,1H3,(H,18,20). The minimum absolute atomic E-state index is 0.0864. The third-order valence-electron chi connectivity index (χ3n) is 4.19. The maximum absolute atomic E-state index is 11.8. The summed E-state index contributed by atoms with van der Waals surface area (Å²) in [6.07, 6.45) is 5.25. The van der Waals surface area contributed by atoms with Crippen molar-refractivity contribution in [1.29, 1.82) is 0 Å². The zero-order valence-electron chi connectivity index (χ0n) is 12.3. The molecule has 2 N–H and O–H groups in total. The number of nitrogens with one attached hydrogen (secondary N) is 1. The van der Waals surface area contributed by atoms with Gasteiger partial charge in [-0.25, -0.2) is 0 Å². The van der Waals surface area contributed by atoms with Crippen LogP contribution in [0, 0.1) is 12.8 Å². The lowest BCUT2D eigenvalue weighted by Gasteiger charge is -2.27. The second-order valence-corrected chi connectivity index (χ2v) is 5.90. The third kappa shape index (κ3) is 4.64. The zero-order valence-corrected chi connectivity index (χ0v) is 12.3. The summed E-state index contributed by atoms with van der Waals surface area (Å²) in [5.41, 5.74) is 2.44. The number of hydrogen-bond donors (Lipinski definition) is 2. The predicted octanol–water partition coefficient (Wildman–Crippen LogP) is 2.59. The van der Waals surface area contributed by atoms with Gasteiger partial charge in [0.25, 0.3) is 0 Å². The van der Waals surface area contributed by atoms with E-state index in [-0.39, 0.29) is 17.9 Å². The quantitative estimate of drug-likeness (QED) is 0.868. The van der Waals surface area contributed by atoms with Crippen molar-refractivity contribution in [2.24, 2.45) is 5.92 Å². The van der Waals surface area contributed by atoms with E-state index in [1.54, 1.807) is 0 Å². The minimum atomic E-state index is -0.235. The highest BCUT2D eigenvalue weighted by molar-refractivity contribution is 5.76. The average Bonchev–Trinajstić information content (AvgIpc) is 2.46. The Balaban J connectivity index is 1.68. The Bertz CT molecular complexity index is 427. The summed E-state index contributed by atoms with van der Waals surface area (Å²) < 4.78 is 0. The Labute approximate surface area is 121 Å². The van der Waals surface area contributed by atoms with Gasteiger partial charge in [-0.05, 0) is 31.7 Å². The van der Waals surface area contributed by atoms with E-state index in [9.17, 15) is 9.90 Å². The first-order valence-corrected chi connectivity index (χ1v) is 7.65. The summed E-state index contributed by atoms with van der Waals surface area (Å²) >= 11 is 0. The molecule has 1 amide bonds. The van der Waals surface area contributed by atoms with E-state index in [0.29, 0.717) is 13.0 Å². The summed E-state index contributed by atoms with van der Waals surface area (Å²) in [7, 11) is 0. The number of benzene rings is 1. The average molecular weight is 275 g/mol. The molecule has 0 spiro atoms. The maximum Gasteiger partial charge on any atom is 0.220 e. The van der Waals surface area contributed by atoms with E-state index in [1.165, 1.54) is 17.5 Å². The van der Waals surface area contributed by atoms with Crippen LogP contribution >= 0.6 is 0 Å². The van der Waals surface area contributed by atoms with Crippen molar-refractivity contribution >= 4 is 5.91 Å². The Hall–Kier alpha value is -1.35. The summed E-state index contributed by atoms with van der Waals surface area (Å²) in [6.45, 7) is 2.68. The van der Waals surface area contributed by atoms with Crippen molar-refractivity contribution in [2.45, 2.75) is 51.6 Å². The molecule has 2 unspecified atom stereocenters. The summed E-state index contributed by atoms with van der Waals surface area (Å²) in [5, 5.41) is 12.8. The van der Waals surface area contributed by atoms with Crippen molar-refractivity contribution in [3.8, 4) is 0 Å². The van der Waals surface area contributed by atoms with E-state index in [0.717, 1.165) is 25.7 Å². The van der Waals surface area contributed by atoms with Gasteiger partial charge in [0.2, 0.25) is 5.91 Å². The number of amides is 1. The molecular formula is C17H25NO2. The van der Waals surface area contributed by atoms with Crippen LogP contribution in [0.4, 0.5) is 0 Å². The van der Waals surface area contributed by atoms with Gasteiger partial charge in [-0.3, -0.25) is 4.79 Å². The summed E-state index contributed by atoms with van der Waals surface area (Å²) in [4.78, 5) is 11.8. The van der Waals surface area contributed by atoms with Crippen molar-refractivity contribution in [1.82, 2.24) is 5.32 Å². The molecule has 3 heteroatoms. The van der Waals surface area contributed by atoms with Gasteiger partial charge in [-0.1, -0.05) is 42.7 Å². The van der Waals surface area contributed by atoms with Crippen LogP contribution in [0.2, 0.25) is 0 Å². The molecule has 110 valence electrons. The molecule has 1 aromatic rings. The first-order valence-electron chi connectivity index (χ1n) is 7.65. The van der Waals surface area contributed by atoms with E-state index < -0.39 is 0 Å². The first-order chi connectivity index (χ1) is 9.65. The van der Waals surface area contributed by atoms with Gasteiger partial charge in [-0.2, -0.15) is 0 Å². The fourth-order valence-electron chi connectivity index (χ4n) is 2.77. The molecule has 20 heavy (non-hydrogen) atoms. The van der Waals surface area contributed by atoms with Gasteiger partial charge >= 0.3 is 0 Å². The normalized spacial score (nSPS) is 22.5. The Morgan fingerprint density at radius 2 is 1.95 bits per heavy atom. The molecule has 3 nitrogen and oxygen atoms in total. The van der Waals surface area contributed by atoms with Crippen LogP contribution in [0.5, 0.6) is 0 Å². The fourth-order valence-corrected chi connectivity index (χ4v) is 2.77. The summed E-state index contributed by atoms with van der Waals surface area (Å²) in [6, 6.07) is 8.30. The lowest BCUT2D eigenvalue weighted by atomic mass is 9.86. The molecule has 2 rings (SSSR count). The van der Waals surface area contributed by atoms with Crippen LogP contribution in [-0.2, 0) is 11.2 Å². The molecule has 0 heterocycles. The molecule has 0 aromatic heterocycles. The highest BCUT2D eigenvalue weighted by Crippen LogP contribution is 2.23. The second kappa shape index (κ2) is 7.44. The molecule has 0 bridgehead atoms. The van der Waals surface area contributed by atoms with Gasteiger partial charge < -0.3 is 10.4 Å². The topological polar surface area (TPSA) is 49.3 Å². The molecule has 1 aliphatic carbocycles. The van der Waals surface area contributed by atoms with Crippen LogP contribution < -0.4 is 5.32 Å². The zero-order chi connectivity index (χ0) is 14.4. The molecule has 2 atom stereocenters. The van der Waals surface area contributed by atoms with Crippen LogP contribution in [0.1, 0.15) is 43.2 Å². The van der Waals surface area contributed by atoms with Gasteiger partial charge in [-0.15, -0.1) is 0 Å². The lowest BCUT2D eigenvalue weighted by Crippen LogP contribution is -2.36. The van der Waals surface area contributed by atoms with Crippen LogP contribution in [0.15, 0.2) is 24.3 Å². The first kappa shape index (κ1) is 15.0. The largest absolute Gasteiger partial charge is 0.393 e. The van der Waals surface area contributed by atoms with Crippen molar-refractivity contribution in [2.75, 3.05) is 6.54 Å². The van der Waals surface area contributed by atoms with E-state index in [4.69, 9.17) is 0 Å². The molecule has 1 aliphatic rings. The van der Waals surface area contributed by atoms with Crippen LogP contribution in [-0.4, -0.2) is 23.7 Å². The number of aliphatic hydroxyl groups excluding tert-OH is 1. The highest BCUT2D eigenvalue weighted by Gasteiger charge is 2.23. The monoisotopic (exact) mass is 275 g/mol.